The fourth-order valence-corrected chi connectivity index (χ4v) is 7.99. The molecule has 8 nitrogen and oxygen atoms in total. The van der Waals surface area contributed by atoms with Crippen LogP contribution in [0.25, 0.3) is 0 Å². The van der Waals surface area contributed by atoms with E-state index in [0.29, 0.717) is 6.42 Å². The summed E-state index contributed by atoms with van der Waals surface area (Å²) in [6.45, 7) is 6.52. The first-order valence-corrected chi connectivity index (χ1v) is 14.1. The van der Waals surface area contributed by atoms with Gasteiger partial charge < -0.3 is 29.1 Å². The van der Waals surface area contributed by atoms with E-state index in [0.717, 1.165) is 23.7 Å². The van der Waals surface area contributed by atoms with Gasteiger partial charge in [-0.25, -0.2) is 9.59 Å². The molecule has 1 spiro atoms. The summed E-state index contributed by atoms with van der Waals surface area (Å²) in [5.41, 5.74) is -0.132. The molecule has 1 aromatic carbocycles. The second kappa shape index (κ2) is 9.13. The van der Waals surface area contributed by atoms with Crippen LogP contribution in [0.1, 0.15) is 39.2 Å². The maximum atomic E-state index is 12.8. The molecule has 6 atom stereocenters. The van der Waals surface area contributed by atoms with Crippen molar-refractivity contribution in [3.63, 3.8) is 0 Å². The van der Waals surface area contributed by atoms with Crippen molar-refractivity contribution in [1.82, 2.24) is 5.32 Å². The number of epoxide rings is 1. The molecule has 9 heteroatoms. The minimum Gasteiger partial charge on any atom is -0.452 e. The van der Waals surface area contributed by atoms with Crippen molar-refractivity contribution in [2.75, 3.05) is 0 Å². The van der Waals surface area contributed by atoms with E-state index in [4.69, 9.17) is 18.6 Å². The van der Waals surface area contributed by atoms with Crippen LogP contribution in [0.2, 0.25) is 18.1 Å². The topological polar surface area (TPSA) is 107 Å². The van der Waals surface area contributed by atoms with Gasteiger partial charge in [0.1, 0.15) is 24.9 Å². The highest BCUT2D eigenvalue weighted by molar-refractivity contribution is 6.73. The van der Waals surface area contributed by atoms with Gasteiger partial charge in [-0.3, -0.25) is 0 Å². The first-order valence-electron chi connectivity index (χ1n) is 11.6. The van der Waals surface area contributed by atoms with Crippen molar-refractivity contribution in [2.24, 2.45) is 0 Å². The Hall–Kier alpha value is -1.94. The highest BCUT2D eigenvalue weighted by Gasteiger charge is 2.71. The van der Waals surface area contributed by atoms with E-state index in [-0.39, 0.29) is 19.1 Å². The van der Waals surface area contributed by atoms with Gasteiger partial charge in [-0.1, -0.05) is 51.1 Å². The van der Waals surface area contributed by atoms with E-state index in [9.17, 15) is 14.7 Å². The molecule has 32 heavy (non-hydrogen) atoms. The zero-order chi connectivity index (χ0) is 22.9. The molecule has 2 N–H and O–H groups in total. The second-order valence-corrected chi connectivity index (χ2v) is 13.7. The number of alkyl carbamates (subject to hydrolysis) is 1. The highest BCUT2D eigenvalue weighted by Crippen LogP contribution is 2.52. The van der Waals surface area contributed by atoms with Gasteiger partial charge in [0.15, 0.2) is 13.9 Å². The molecule has 176 valence electrons. The van der Waals surface area contributed by atoms with Gasteiger partial charge in [-0.05, 0) is 23.7 Å². The zero-order valence-electron chi connectivity index (χ0n) is 18.9. The maximum absolute atomic E-state index is 12.8. The fourth-order valence-electron chi connectivity index (χ4n) is 5.09. The average Bonchev–Trinajstić information content (AvgIpc) is 3.56. The van der Waals surface area contributed by atoms with E-state index in [1.807, 2.05) is 30.3 Å². The Morgan fingerprint density at radius 1 is 1.22 bits per heavy atom. The van der Waals surface area contributed by atoms with Gasteiger partial charge in [-0.15, -0.1) is 0 Å². The molecule has 0 bridgehead atoms. The molecule has 1 aromatic rings. The Bertz CT molecular complexity index is 825. The maximum Gasteiger partial charge on any atom is 0.408 e. The van der Waals surface area contributed by atoms with Crippen LogP contribution < -0.4 is 5.32 Å². The standard InChI is InChI=1S/C23H33NO7Si/c1-4-32(5-2,6-3)31-18-12-17(25)19-20(29-19)23(18)13-16(21(26)30-23)24-22(27)28-14-15-10-8-7-9-11-15/h7-11,16-20,25H,4-6,12-14H2,1-3H3,(H,24,27)/t16-,17+,18-,19+,20+,23+/m0/s1. The lowest BCUT2D eigenvalue weighted by Gasteiger charge is -2.43. The summed E-state index contributed by atoms with van der Waals surface area (Å²) in [7, 11) is -2.04. The van der Waals surface area contributed by atoms with Crippen molar-refractivity contribution in [3.05, 3.63) is 35.9 Å². The van der Waals surface area contributed by atoms with Gasteiger partial charge in [0.05, 0.1) is 12.2 Å². The number of ether oxygens (including phenoxy) is 3. The van der Waals surface area contributed by atoms with Crippen LogP contribution in [0, 0.1) is 0 Å². The molecule has 0 aromatic heterocycles. The van der Waals surface area contributed by atoms with Gasteiger partial charge in [-0.2, -0.15) is 0 Å². The third-order valence-electron chi connectivity index (χ3n) is 7.32. The molecule has 2 aliphatic heterocycles. The zero-order valence-corrected chi connectivity index (χ0v) is 19.9. The monoisotopic (exact) mass is 463 g/mol. The summed E-state index contributed by atoms with van der Waals surface area (Å²) in [6, 6.07) is 11.3. The number of esters is 1. The Labute approximate surface area is 189 Å². The third kappa shape index (κ3) is 4.31. The normalized spacial score (nSPS) is 33.5. The van der Waals surface area contributed by atoms with E-state index < -0.39 is 50.3 Å². The number of nitrogens with one attached hydrogen (secondary N) is 1. The van der Waals surface area contributed by atoms with Crippen LogP contribution in [-0.2, 0) is 30.0 Å². The highest BCUT2D eigenvalue weighted by atomic mass is 28.4. The van der Waals surface area contributed by atoms with Crippen LogP contribution in [0.4, 0.5) is 4.79 Å². The van der Waals surface area contributed by atoms with Crippen molar-refractivity contribution in [2.45, 2.75) is 94.4 Å². The van der Waals surface area contributed by atoms with Crippen molar-refractivity contribution < 1.29 is 33.3 Å². The Morgan fingerprint density at radius 2 is 1.91 bits per heavy atom. The van der Waals surface area contributed by atoms with Crippen molar-refractivity contribution in [3.8, 4) is 0 Å². The molecule has 2 heterocycles. The van der Waals surface area contributed by atoms with Crippen LogP contribution in [0.15, 0.2) is 30.3 Å². The lowest BCUT2D eigenvalue weighted by molar-refractivity contribution is -0.165. The summed E-state index contributed by atoms with van der Waals surface area (Å²) >= 11 is 0. The summed E-state index contributed by atoms with van der Waals surface area (Å²) < 4.78 is 23.6. The van der Waals surface area contributed by atoms with Crippen molar-refractivity contribution >= 4 is 20.4 Å². The molecule has 3 aliphatic rings. The van der Waals surface area contributed by atoms with Gasteiger partial charge in [0, 0.05) is 12.8 Å². The Morgan fingerprint density at radius 3 is 2.56 bits per heavy atom. The fraction of sp³-hybridized carbons (Fsp3) is 0.652. The minimum absolute atomic E-state index is 0.114. The molecule has 0 unspecified atom stereocenters. The predicted molar refractivity (Wildman–Crippen MR) is 118 cm³/mol. The number of aliphatic hydroxyl groups is 1. The van der Waals surface area contributed by atoms with E-state index in [1.165, 1.54) is 0 Å². The predicted octanol–water partition coefficient (Wildman–Crippen LogP) is 2.89. The number of hydrogen-bond acceptors (Lipinski definition) is 7. The average molecular weight is 464 g/mol. The van der Waals surface area contributed by atoms with Crippen molar-refractivity contribution in [1.29, 1.82) is 0 Å². The molecular formula is C23H33NO7Si. The number of carbonyl (C=O) groups excluding carboxylic acids is 2. The van der Waals surface area contributed by atoms with E-state index in [1.54, 1.807) is 0 Å². The number of amides is 1. The molecule has 3 fully saturated rings. The number of hydrogen-bond donors (Lipinski definition) is 2. The quantitative estimate of drug-likeness (QED) is 0.347. The number of aliphatic hydroxyl groups excluding tert-OH is 1. The third-order valence-corrected chi connectivity index (χ3v) is 12.0. The number of fused-ring (bicyclic) bond motifs is 2. The van der Waals surface area contributed by atoms with Gasteiger partial charge in [0.2, 0.25) is 0 Å². The number of carbonyl (C=O) groups is 2. The summed E-state index contributed by atoms with van der Waals surface area (Å²) in [6.07, 6.45) is -1.94. The molecular weight excluding hydrogens is 430 g/mol. The molecule has 1 aliphatic carbocycles. The second-order valence-electron chi connectivity index (χ2n) is 9.01. The minimum atomic E-state index is -2.04. The number of rotatable bonds is 8. The first-order chi connectivity index (χ1) is 15.4. The van der Waals surface area contributed by atoms with Gasteiger partial charge in [0.25, 0.3) is 0 Å². The molecule has 4 rings (SSSR count). The molecule has 0 radical (unpaired) electrons. The SMILES string of the molecule is CC[Si](CC)(CC)O[C@H]1C[C@@H](O)[C@H]2O[C@H]2[C@@]12C[C@H](NC(=O)OCc1ccccc1)C(=O)O2. The Balaban J connectivity index is 1.45. The smallest absolute Gasteiger partial charge is 0.408 e. The van der Waals surface area contributed by atoms with Crippen LogP contribution in [0.5, 0.6) is 0 Å². The lowest BCUT2D eigenvalue weighted by Crippen LogP contribution is -2.59. The van der Waals surface area contributed by atoms with Crippen LogP contribution in [0.3, 0.4) is 0 Å². The van der Waals surface area contributed by atoms with Gasteiger partial charge >= 0.3 is 12.1 Å². The lowest BCUT2D eigenvalue weighted by atomic mass is 9.78. The summed E-state index contributed by atoms with van der Waals surface area (Å²) in [5, 5.41) is 13.1. The van der Waals surface area contributed by atoms with E-state index in [2.05, 4.69) is 26.1 Å². The summed E-state index contributed by atoms with van der Waals surface area (Å²) in [4.78, 5) is 25.1. The van der Waals surface area contributed by atoms with Crippen LogP contribution >= 0.6 is 0 Å². The Kier molecular flexibility index (Phi) is 6.62. The molecule has 1 saturated carbocycles. The number of benzene rings is 1. The molecule has 2 saturated heterocycles. The largest absolute Gasteiger partial charge is 0.452 e. The van der Waals surface area contributed by atoms with Crippen LogP contribution in [-0.4, -0.2) is 61.5 Å². The summed E-state index contributed by atoms with van der Waals surface area (Å²) in [5.74, 6) is -0.516. The first kappa shape index (κ1) is 23.2. The molecule has 1 amide bonds. The van der Waals surface area contributed by atoms with E-state index >= 15 is 0 Å².